The maximum atomic E-state index is 5.64. The molecule has 0 spiro atoms. The molecule has 0 aliphatic heterocycles. The van der Waals surface area contributed by atoms with Crippen LogP contribution in [-0.4, -0.2) is 85.5 Å². The molecule has 0 atom stereocenters. The fourth-order valence-corrected chi connectivity index (χ4v) is 19.0. The van der Waals surface area contributed by atoms with Crippen molar-refractivity contribution in [2.24, 2.45) is 0 Å². The van der Waals surface area contributed by atoms with E-state index in [4.69, 9.17) is 29.9 Å². The average molecular weight is 1670 g/mol. The van der Waals surface area contributed by atoms with Crippen LogP contribution in [0.5, 0.6) is 0 Å². The van der Waals surface area contributed by atoms with Gasteiger partial charge in [0.2, 0.25) is 0 Å². The Kier molecular flexibility index (Phi) is 34.7. The molecule has 0 radical (unpaired) electrons. The number of rotatable bonds is 49. The Balaban J connectivity index is 0.784. The predicted molar refractivity (Wildman–Crippen MR) is 518 cm³/mol. The molecule has 6 aromatic heterocycles. The third-order valence-corrected chi connectivity index (χ3v) is 25.1. The molecule has 6 heterocycles. The summed E-state index contributed by atoms with van der Waals surface area (Å²) in [6.07, 6.45) is 18.3. The Morgan fingerprint density at radius 3 is 0.556 bits per heavy atom. The molecule has 0 aliphatic carbocycles. The maximum Gasteiger partial charge on any atom is 0.0547 e. The number of pyridine rings is 6. The second-order valence-corrected chi connectivity index (χ2v) is 33.9. The van der Waals surface area contributed by atoms with Crippen molar-refractivity contribution in [1.82, 2.24) is 59.3 Å². The van der Waals surface area contributed by atoms with Crippen molar-refractivity contribution >= 4 is 0 Å². The Bertz CT molecular complexity index is 4950. The number of hydrogen-bond acceptors (Lipinski definition) is 12. The molecule has 0 saturated carbocycles. The van der Waals surface area contributed by atoms with Crippen LogP contribution in [0.1, 0.15) is 187 Å². The summed E-state index contributed by atoms with van der Waals surface area (Å²) in [6.45, 7) is 29.2. The van der Waals surface area contributed by atoms with E-state index in [0.717, 1.165) is 227 Å². The van der Waals surface area contributed by atoms with E-state index in [2.05, 4.69) is 338 Å². The standard InChI is InChI=1S/C114H130N12/c1-7-103-109(83-121(75-89-41-19-13-20-42-89)71-63-95-53-31-35-67-115-95)105(9-3)113(106(10-4)110(103)84-122(76-90-43-21-14-22-44-90)72-64-96-54-32-36-68-116-96)87-125(79-93-49-27-17-28-50-93)81-101-59-39-57-99(119-101)61-62-100-58-40-60-102(120-100)82-126(80-94-51-29-18-30-52-94)88-114-107(11-5)111(85-123(77-91-45-23-15-24-46-91)73-65-97-55-33-37-69-117-97)104(8-2)112(108(114)12-6)86-124(78-92-47-25-16-26-48-92)74-66-98-56-34-38-70-118-98/h13-60,67-70H,7-12,61-66,71-88H2,1-6H3. The van der Waals surface area contributed by atoms with Gasteiger partial charge in [0.1, 0.15) is 0 Å². The highest BCUT2D eigenvalue weighted by Crippen LogP contribution is 2.38. The molecule has 8 aromatic carbocycles. The minimum atomic E-state index is 0.689. The number of aromatic nitrogens is 6. The Hall–Kier alpha value is -11.6. The van der Waals surface area contributed by atoms with Crippen molar-refractivity contribution in [3.63, 3.8) is 0 Å². The molecule has 12 nitrogen and oxygen atoms in total. The molecule has 126 heavy (non-hydrogen) atoms. The monoisotopic (exact) mass is 1670 g/mol. The van der Waals surface area contributed by atoms with Crippen LogP contribution in [0.2, 0.25) is 0 Å². The van der Waals surface area contributed by atoms with Gasteiger partial charge >= 0.3 is 0 Å². The zero-order chi connectivity index (χ0) is 86.7. The van der Waals surface area contributed by atoms with Crippen molar-refractivity contribution in [1.29, 1.82) is 0 Å². The summed E-state index contributed by atoms with van der Waals surface area (Å²) < 4.78 is 0. The maximum absolute atomic E-state index is 5.64. The summed E-state index contributed by atoms with van der Waals surface area (Å²) in [5, 5.41) is 0. The lowest BCUT2D eigenvalue weighted by Gasteiger charge is -2.34. The minimum absolute atomic E-state index is 0.689. The highest BCUT2D eigenvalue weighted by Gasteiger charge is 2.30. The molecule has 14 aromatic rings. The zero-order valence-corrected chi connectivity index (χ0v) is 75.6. The normalized spacial score (nSPS) is 11.7. The van der Waals surface area contributed by atoms with Crippen LogP contribution >= 0.6 is 0 Å². The lowest BCUT2D eigenvalue weighted by molar-refractivity contribution is 0.239. The summed E-state index contributed by atoms with van der Waals surface area (Å²) >= 11 is 0. The number of nitrogens with zero attached hydrogens (tertiary/aromatic N) is 12. The van der Waals surface area contributed by atoms with E-state index in [1.807, 2.05) is 49.1 Å². The van der Waals surface area contributed by atoms with E-state index < -0.39 is 0 Å². The van der Waals surface area contributed by atoms with Gasteiger partial charge in [0.05, 0.1) is 11.4 Å². The summed E-state index contributed by atoms with van der Waals surface area (Å²) in [4.78, 5) is 46.9. The molecule has 12 heteroatoms. The predicted octanol–water partition coefficient (Wildman–Crippen LogP) is 22.6. The number of aryl methyl sites for hydroxylation is 2. The average Bonchev–Trinajstić information content (AvgIpc) is 0.764. The van der Waals surface area contributed by atoms with Crippen LogP contribution in [0.15, 0.2) is 316 Å². The quantitative estimate of drug-likeness (QED) is 0.0363. The fourth-order valence-electron chi connectivity index (χ4n) is 19.0. The van der Waals surface area contributed by atoms with Gasteiger partial charge in [0, 0.05) is 202 Å². The first-order chi connectivity index (χ1) is 62.1. The van der Waals surface area contributed by atoms with Crippen molar-refractivity contribution < 1.29 is 0 Å². The summed E-state index contributed by atoms with van der Waals surface area (Å²) in [7, 11) is 0. The van der Waals surface area contributed by atoms with Gasteiger partial charge < -0.3 is 0 Å². The first-order valence-electron chi connectivity index (χ1n) is 46.6. The molecule has 0 saturated heterocycles. The third kappa shape index (κ3) is 26.5. The van der Waals surface area contributed by atoms with Crippen LogP contribution in [0.25, 0.3) is 0 Å². The molecular weight excluding hydrogens is 1540 g/mol. The van der Waals surface area contributed by atoms with Gasteiger partial charge in [-0.3, -0.25) is 59.3 Å². The van der Waals surface area contributed by atoms with Gasteiger partial charge in [0.15, 0.2) is 0 Å². The fraction of sp³-hybridized carbons (Fsp3) is 0.316. The molecule has 14 rings (SSSR count). The van der Waals surface area contributed by atoms with E-state index in [-0.39, 0.29) is 0 Å². The third-order valence-electron chi connectivity index (χ3n) is 25.1. The zero-order valence-electron chi connectivity index (χ0n) is 75.6. The summed E-state index contributed by atoms with van der Waals surface area (Å²) in [5.74, 6) is 0. The molecule has 0 unspecified atom stereocenters. The second kappa shape index (κ2) is 48.2. The van der Waals surface area contributed by atoms with Crippen molar-refractivity contribution in [3.05, 3.63) is 462 Å². The van der Waals surface area contributed by atoms with E-state index in [1.165, 1.54) is 100 Å². The van der Waals surface area contributed by atoms with Crippen LogP contribution in [0.3, 0.4) is 0 Å². The molecule has 646 valence electrons. The van der Waals surface area contributed by atoms with Crippen LogP contribution in [0.4, 0.5) is 0 Å². The molecule has 0 bridgehead atoms. The van der Waals surface area contributed by atoms with Gasteiger partial charge in [-0.05, 0) is 224 Å². The Labute approximate surface area is 752 Å². The first-order valence-corrected chi connectivity index (χ1v) is 46.6. The van der Waals surface area contributed by atoms with Crippen molar-refractivity contribution in [2.75, 3.05) is 26.2 Å². The topological polar surface area (TPSA) is 96.8 Å². The van der Waals surface area contributed by atoms with Crippen LogP contribution < -0.4 is 0 Å². The van der Waals surface area contributed by atoms with Gasteiger partial charge in [-0.25, -0.2) is 0 Å². The highest BCUT2D eigenvalue weighted by atomic mass is 15.2. The Morgan fingerprint density at radius 1 is 0.159 bits per heavy atom. The number of hydrogen-bond donors (Lipinski definition) is 0. The van der Waals surface area contributed by atoms with Crippen LogP contribution in [-0.2, 0) is 169 Å². The van der Waals surface area contributed by atoms with Gasteiger partial charge in [0.25, 0.3) is 0 Å². The highest BCUT2D eigenvalue weighted by molar-refractivity contribution is 5.55. The number of benzene rings is 8. The largest absolute Gasteiger partial charge is 0.294 e. The minimum Gasteiger partial charge on any atom is -0.294 e. The SMILES string of the molecule is CCc1c(CN(CCc2ccccn2)Cc2ccccc2)c(CC)c(CN(Cc2ccccc2)Cc2cccc(CCc3cccc(CN(Cc4ccccc4)Cc4c(CC)c(CN(CCc5ccccn5)Cc5ccccc5)c(CC)c(CN(CCc5ccccn5)Cc5ccccc5)c4CC)n3)n2)c(CC)c1CN(CCc1ccccn1)Cc1ccccc1. The smallest absolute Gasteiger partial charge is 0.0547 e. The lowest BCUT2D eigenvalue weighted by atomic mass is 9.82. The second-order valence-electron chi connectivity index (χ2n) is 33.9. The van der Waals surface area contributed by atoms with E-state index in [1.54, 1.807) is 0 Å². The molecule has 0 N–H and O–H groups in total. The van der Waals surface area contributed by atoms with E-state index in [9.17, 15) is 0 Å². The summed E-state index contributed by atoms with van der Waals surface area (Å²) in [6, 6.07) is 105. The van der Waals surface area contributed by atoms with Gasteiger partial charge in [-0.15, -0.1) is 0 Å². The van der Waals surface area contributed by atoms with Crippen molar-refractivity contribution in [3.8, 4) is 0 Å². The molecule has 0 aliphatic rings. The molecule has 0 amide bonds. The van der Waals surface area contributed by atoms with E-state index in [0.29, 0.717) is 13.1 Å². The molecule has 0 fully saturated rings. The van der Waals surface area contributed by atoms with Gasteiger partial charge in [-0.1, -0.05) is 260 Å². The lowest BCUT2D eigenvalue weighted by Crippen LogP contribution is -2.31. The van der Waals surface area contributed by atoms with E-state index >= 15 is 0 Å². The molecular formula is C114H130N12. The van der Waals surface area contributed by atoms with Crippen LogP contribution in [0, 0.1) is 0 Å². The first kappa shape index (κ1) is 90.7. The Morgan fingerprint density at radius 2 is 0.349 bits per heavy atom. The van der Waals surface area contributed by atoms with Gasteiger partial charge in [-0.2, -0.15) is 0 Å². The van der Waals surface area contributed by atoms with Crippen molar-refractivity contribution in [2.45, 2.75) is 210 Å². The summed E-state index contributed by atoms with van der Waals surface area (Å²) in [5.41, 5.74) is 34.5.